The second-order valence-corrected chi connectivity index (χ2v) is 7.55. The van der Waals surface area contributed by atoms with E-state index in [1.807, 2.05) is 31.2 Å². The van der Waals surface area contributed by atoms with Crippen LogP contribution in [-0.2, 0) is 19.5 Å². The lowest BCUT2D eigenvalue weighted by Gasteiger charge is -2.16. The predicted molar refractivity (Wildman–Crippen MR) is 112 cm³/mol. The molecule has 30 heavy (non-hydrogen) atoms. The molecule has 156 valence electrons. The zero-order valence-electron chi connectivity index (χ0n) is 17.2. The lowest BCUT2D eigenvalue weighted by Crippen LogP contribution is -2.36. The van der Waals surface area contributed by atoms with Crippen LogP contribution in [0.15, 0.2) is 47.5 Å². The van der Waals surface area contributed by atoms with Crippen molar-refractivity contribution in [3.8, 4) is 5.75 Å². The quantitative estimate of drug-likeness (QED) is 0.698. The maximum Gasteiger partial charge on any atom is 0.346 e. The minimum Gasteiger partial charge on any atom is -0.497 e. The third kappa shape index (κ3) is 4.12. The Kier molecular flexibility index (Phi) is 5.65. The maximum atomic E-state index is 12.9. The number of rotatable bonds is 5. The molecule has 4 rings (SSSR count). The summed E-state index contributed by atoms with van der Waals surface area (Å²) in [6, 6.07) is 9.35. The van der Waals surface area contributed by atoms with Crippen LogP contribution in [0.25, 0.3) is 0 Å². The third-order valence-corrected chi connectivity index (χ3v) is 5.48. The van der Waals surface area contributed by atoms with Crippen LogP contribution in [0.4, 0.5) is 0 Å². The Hall–Kier alpha value is -3.42. The van der Waals surface area contributed by atoms with Gasteiger partial charge in [-0.05, 0) is 49.1 Å². The number of fused-ring (bicyclic) bond motifs is 1. The number of pyridine rings is 1. The number of aryl methyl sites for hydroxylation is 2. The van der Waals surface area contributed by atoms with Gasteiger partial charge in [-0.15, -0.1) is 0 Å². The van der Waals surface area contributed by atoms with Crippen molar-refractivity contribution in [2.24, 2.45) is 0 Å². The van der Waals surface area contributed by atoms with Gasteiger partial charge >= 0.3 is 5.69 Å². The Morgan fingerprint density at radius 2 is 2.17 bits per heavy atom. The van der Waals surface area contributed by atoms with Crippen molar-refractivity contribution < 1.29 is 9.53 Å². The Morgan fingerprint density at radius 3 is 2.97 bits per heavy atom. The van der Waals surface area contributed by atoms with Gasteiger partial charge in [0.2, 0.25) is 0 Å². The molecule has 0 spiro atoms. The summed E-state index contributed by atoms with van der Waals surface area (Å²) in [5, 5.41) is 7.65. The van der Waals surface area contributed by atoms with Gasteiger partial charge < -0.3 is 10.1 Å². The average Bonchev–Trinajstić information content (AvgIpc) is 2.91. The Bertz CT molecular complexity index is 1120. The Labute approximate surface area is 174 Å². The molecule has 8 nitrogen and oxygen atoms in total. The highest BCUT2D eigenvalue weighted by molar-refractivity contribution is 5.95. The van der Waals surface area contributed by atoms with Crippen LogP contribution in [0.1, 0.15) is 40.2 Å². The topological polar surface area (TPSA) is 91.0 Å². The number of ether oxygens (including phenoxy) is 1. The van der Waals surface area contributed by atoms with Crippen LogP contribution < -0.4 is 15.7 Å². The molecule has 1 aliphatic heterocycles. The van der Waals surface area contributed by atoms with Gasteiger partial charge in [0.15, 0.2) is 0 Å². The number of carbonyl (C=O) groups is 1. The number of carbonyl (C=O) groups excluding carboxylic acids is 1. The van der Waals surface area contributed by atoms with Crippen molar-refractivity contribution in [2.45, 2.75) is 45.3 Å². The number of nitrogens with zero attached hydrogens (tertiary/aromatic N) is 4. The molecule has 2 aromatic heterocycles. The van der Waals surface area contributed by atoms with Crippen molar-refractivity contribution in [3.63, 3.8) is 0 Å². The molecule has 0 saturated heterocycles. The third-order valence-electron chi connectivity index (χ3n) is 5.48. The van der Waals surface area contributed by atoms with Crippen LogP contribution in [0.5, 0.6) is 5.75 Å². The SMILES string of the molecule is COc1cccc(Cn2nc3n(c2=O)CCC(NC(=O)c2ccncc2C)CC3)c1. The van der Waals surface area contributed by atoms with E-state index >= 15 is 0 Å². The summed E-state index contributed by atoms with van der Waals surface area (Å²) in [7, 11) is 1.62. The van der Waals surface area contributed by atoms with Gasteiger partial charge in [0.25, 0.3) is 5.91 Å². The summed E-state index contributed by atoms with van der Waals surface area (Å²) in [5.41, 5.74) is 2.32. The molecular formula is C22H25N5O3. The predicted octanol–water partition coefficient (Wildman–Crippen LogP) is 1.94. The monoisotopic (exact) mass is 407 g/mol. The molecule has 1 N–H and O–H groups in total. The number of aromatic nitrogens is 4. The molecular weight excluding hydrogens is 382 g/mol. The van der Waals surface area contributed by atoms with Crippen molar-refractivity contribution in [2.75, 3.05) is 7.11 Å². The van der Waals surface area contributed by atoms with Crippen LogP contribution in [0, 0.1) is 6.92 Å². The van der Waals surface area contributed by atoms with Crippen LogP contribution >= 0.6 is 0 Å². The lowest BCUT2D eigenvalue weighted by atomic mass is 10.1. The number of hydrogen-bond acceptors (Lipinski definition) is 5. The fraction of sp³-hybridized carbons (Fsp3) is 0.364. The second kappa shape index (κ2) is 8.52. The van der Waals surface area contributed by atoms with E-state index < -0.39 is 0 Å². The van der Waals surface area contributed by atoms with Crippen LogP contribution in [0.3, 0.4) is 0 Å². The summed E-state index contributed by atoms with van der Waals surface area (Å²) in [5.74, 6) is 1.42. The Balaban J connectivity index is 1.44. The van der Waals surface area contributed by atoms with E-state index in [2.05, 4.69) is 15.4 Å². The van der Waals surface area contributed by atoms with Crippen molar-refractivity contribution in [1.29, 1.82) is 0 Å². The standard InChI is InChI=1S/C22H25N5O3/c1-15-13-23-10-8-19(15)21(28)24-17-6-7-20-25-27(22(29)26(20)11-9-17)14-16-4-3-5-18(12-16)30-2/h3-5,8,10,12-13,17H,6-7,9,11,14H2,1-2H3,(H,24,28). The average molecular weight is 407 g/mol. The zero-order valence-corrected chi connectivity index (χ0v) is 17.2. The molecule has 0 saturated carbocycles. The Morgan fingerprint density at radius 1 is 1.30 bits per heavy atom. The minimum absolute atomic E-state index is 0.00185. The number of methoxy groups -OCH3 is 1. The first kappa shape index (κ1) is 19.9. The van der Waals surface area contributed by atoms with Gasteiger partial charge in [-0.3, -0.25) is 14.3 Å². The molecule has 1 unspecified atom stereocenters. The smallest absolute Gasteiger partial charge is 0.346 e. The van der Waals surface area contributed by atoms with Gasteiger partial charge in [0, 0.05) is 37.0 Å². The lowest BCUT2D eigenvalue weighted by molar-refractivity contribution is 0.0932. The van der Waals surface area contributed by atoms with Crippen LogP contribution in [0.2, 0.25) is 0 Å². The van der Waals surface area contributed by atoms with Gasteiger partial charge in [-0.2, -0.15) is 5.10 Å². The zero-order chi connectivity index (χ0) is 21.1. The van der Waals surface area contributed by atoms with Gasteiger partial charge in [0.05, 0.1) is 13.7 Å². The van der Waals surface area contributed by atoms with E-state index in [0.29, 0.717) is 31.5 Å². The molecule has 3 heterocycles. The summed E-state index contributed by atoms with van der Waals surface area (Å²) < 4.78 is 8.48. The molecule has 1 amide bonds. The highest BCUT2D eigenvalue weighted by Gasteiger charge is 2.23. The van der Waals surface area contributed by atoms with Gasteiger partial charge in [0.1, 0.15) is 11.6 Å². The maximum absolute atomic E-state index is 12.9. The van der Waals surface area contributed by atoms with E-state index in [0.717, 1.165) is 29.1 Å². The molecule has 3 aromatic rings. The summed E-state index contributed by atoms with van der Waals surface area (Å²) >= 11 is 0. The van der Waals surface area contributed by atoms with E-state index in [-0.39, 0.29) is 17.6 Å². The summed E-state index contributed by atoms with van der Waals surface area (Å²) in [6.07, 6.45) is 5.37. The summed E-state index contributed by atoms with van der Waals surface area (Å²) in [4.78, 5) is 29.5. The van der Waals surface area contributed by atoms with Crippen LogP contribution in [-0.4, -0.2) is 38.4 Å². The molecule has 0 bridgehead atoms. The molecule has 8 heteroatoms. The highest BCUT2D eigenvalue weighted by atomic mass is 16.5. The number of benzene rings is 1. The first-order valence-corrected chi connectivity index (χ1v) is 10.1. The van der Waals surface area contributed by atoms with E-state index in [1.54, 1.807) is 30.1 Å². The van der Waals surface area contributed by atoms with E-state index in [4.69, 9.17) is 4.74 Å². The van der Waals surface area contributed by atoms with Gasteiger partial charge in [-0.1, -0.05) is 12.1 Å². The fourth-order valence-corrected chi connectivity index (χ4v) is 3.81. The van der Waals surface area contributed by atoms with Crippen molar-refractivity contribution in [1.82, 2.24) is 24.6 Å². The van der Waals surface area contributed by atoms with Gasteiger partial charge in [-0.25, -0.2) is 9.48 Å². The molecule has 0 aliphatic carbocycles. The number of amides is 1. The van der Waals surface area contributed by atoms with E-state index in [1.165, 1.54) is 4.68 Å². The van der Waals surface area contributed by atoms with Crippen molar-refractivity contribution >= 4 is 5.91 Å². The number of hydrogen-bond donors (Lipinski definition) is 1. The second-order valence-electron chi connectivity index (χ2n) is 7.55. The molecule has 1 aromatic carbocycles. The molecule has 0 fully saturated rings. The fourth-order valence-electron chi connectivity index (χ4n) is 3.81. The largest absolute Gasteiger partial charge is 0.497 e. The number of nitrogens with one attached hydrogen (secondary N) is 1. The minimum atomic E-state index is -0.121. The normalized spacial score (nSPS) is 15.9. The summed E-state index contributed by atoms with van der Waals surface area (Å²) in [6.45, 7) is 2.81. The molecule has 1 atom stereocenters. The molecule has 0 radical (unpaired) electrons. The molecule has 1 aliphatic rings. The first-order chi connectivity index (χ1) is 14.5. The van der Waals surface area contributed by atoms with E-state index in [9.17, 15) is 9.59 Å². The van der Waals surface area contributed by atoms with Crippen molar-refractivity contribution in [3.05, 3.63) is 75.7 Å². The first-order valence-electron chi connectivity index (χ1n) is 10.1. The highest BCUT2D eigenvalue weighted by Crippen LogP contribution is 2.16.